The molecule has 2 unspecified atom stereocenters. The number of amides is 1. The van der Waals surface area contributed by atoms with Gasteiger partial charge in [0.1, 0.15) is 0 Å². The van der Waals surface area contributed by atoms with E-state index in [9.17, 15) is 14.7 Å². The van der Waals surface area contributed by atoms with Crippen molar-refractivity contribution in [2.45, 2.75) is 39.3 Å². The number of benzene rings is 1. The van der Waals surface area contributed by atoms with Crippen molar-refractivity contribution >= 4 is 17.0 Å². The SMILES string of the molecule is CCC(C)C(O)CNC(=O)CCn1c(=O)oc2ccccc21. The molecule has 0 fully saturated rings. The van der Waals surface area contributed by atoms with Crippen LogP contribution in [0.5, 0.6) is 0 Å². The van der Waals surface area contributed by atoms with E-state index in [4.69, 9.17) is 4.42 Å². The predicted molar refractivity (Wildman–Crippen MR) is 83.6 cm³/mol. The number of aliphatic hydroxyl groups excluding tert-OH is 1. The second kappa shape index (κ2) is 7.26. The van der Waals surface area contributed by atoms with E-state index >= 15 is 0 Å². The van der Waals surface area contributed by atoms with Gasteiger partial charge in [-0.3, -0.25) is 9.36 Å². The van der Waals surface area contributed by atoms with E-state index in [0.29, 0.717) is 11.1 Å². The van der Waals surface area contributed by atoms with Gasteiger partial charge in [0.15, 0.2) is 5.58 Å². The number of fused-ring (bicyclic) bond motifs is 1. The molecule has 0 saturated heterocycles. The van der Waals surface area contributed by atoms with Gasteiger partial charge in [0.2, 0.25) is 5.91 Å². The Labute approximate surface area is 128 Å². The second-order valence-corrected chi connectivity index (χ2v) is 5.49. The fraction of sp³-hybridized carbons (Fsp3) is 0.500. The van der Waals surface area contributed by atoms with Crippen molar-refractivity contribution < 1.29 is 14.3 Å². The number of aliphatic hydroxyl groups is 1. The molecule has 1 amide bonds. The van der Waals surface area contributed by atoms with E-state index in [0.717, 1.165) is 6.42 Å². The van der Waals surface area contributed by atoms with Crippen LogP contribution in [0.4, 0.5) is 0 Å². The molecule has 1 aromatic carbocycles. The summed E-state index contributed by atoms with van der Waals surface area (Å²) in [6.07, 6.45) is 0.468. The average molecular weight is 306 g/mol. The molecule has 0 saturated carbocycles. The first-order valence-corrected chi connectivity index (χ1v) is 7.56. The first kappa shape index (κ1) is 16.3. The maximum absolute atomic E-state index is 11.8. The van der Waals surface area contributed by atoms with Crippen LogP contribution in [-0.4, -0.2) is 28.2 Å². The number of hydrogen-bond acceptors (Lipinski definition) is 4. The standard InChI is InChI=1S/C16H22N2O4/c1-3-11(2)13(19)10-17-15(20)8-9-18-12-6-4-5-7-14(12)22-16(18)21/h4-7,11,13,19H,3,8-10H2,1-2H3,(H,17,20). The van der Waals surface area contributed by atoms with Crippen molar-refractivity contribution in [3.8, 4) is 0 Å². The molecule has 0 aliphatic heterocycles. The lowest BCUT2D eigenvalue weighted by atomic mass is 10.0. The topological polar surface area (TPSA) is 84.5 Å². The highest BCUT2D eigenvalue weighted by Gasteiger charge is 2.14. The van der Waals surface area contributed by atoms with Gasteiger partial charge in [0, 0.05) is 19.5 Å². The van der Waals surface area contributed by atoms with Gasteiger partial charge in [-0.25, -0.2) is 4.79 Å². The molecule has 2 rings (SSSR count). The molecular weight excluding hydrogens is 284 g/mol. The van der Waals surface area contributed by atoms with Crippen LogP contribution in [-0.2, 0) is 11.3 Å². The summed E-state index contributed by atoms with van der Waals surface area (Å²) in [5, 5.41) is 12.5. The smallest absolute Gasteiger partial charge is 0.408 e. The van der Waals surface area contributed by atoms with Gasteiger partial charge in [-0.2, -0.15) is 0 Å². The molecule has 22 heavy (non-hydrogen) atoms. The lowest BCUT2D eigenvalue weighted by Crippen LogP contribution is -2.36. The fourth-order valence-electron chi connectivity index (χ4n) is 2.22. The van der Waals surface area contributed by atoms with E-state index in [1.807, 2.05) is 19.9 Å². The number of carbonyl (C=O) groups excluding carboxylic acids is 1. The molecule has 2 atom stereocenters. The van der Waals surface area contributed by atoms with Gasteiger partial charge in [0.25, 0.3) is 0 Å². The summed E-state index contributed by atoms with van der Waals surface area (Å²) >= 11 is 0. The zero-order valence-corrected chi connectivity index (χ0v) is 12.9. The van der Waals surface area contributed by atoms with Crippen molar-refractivity contribution in [2.75, 3.05) is 6.54 Å². The summed E-state index contributed by atoms with van der Waals surface area (Å²) in [6, 6.07) is 7.11. The van der Waals surface area contributed by atoms with Crippen LogP contribution < -0.4 is 11.1 Å². The summed E-state index contributed by atoms with van der Waals surface area (Å²) in [5.41, 5.74) is 1.19. The lowest BCUT2D eigenvalue weighted by molar-refractivity contribution is -0.121. The average Bonchev–Trinajstić information content (AvgIpc) is 2.85. The van der Waals surface area contributed by atoms with Gasteiger partial charge in [-0.1, -0.05) is 32.4 Å². The summed E-state index contributed by atoms with van der Waals surface area (Å²) in [7, 11) is 0. The van der Waals surface area contributed by atoms with Crippen molar-refractivity contribution in [1.29, 1.82) is 0 Å². The van der Waals surface area contributed by atoms with Gasteiger partial charge in [0.05, 0.1) is 11.6 Å². The highest BCUT2D eigenvalue weighted by molar-refractivity contribution is 5.76. The van der Waals surface area contributed by atoms with Crippen LogP contribution >= 0.6 is 0 Å². The number of aryl methyl sites for hydroxylation is 1. The molecule has 0 aliphatic carbocycles. The van der Waals surface area contributed by atoms with Crippen LogP contribution in [0.3, 0.4) is 0 Å². The van der Waals surface area contributed by atoms with Crippen LogP contribution in [0.25, 0.3) is 11.1 Å². The van der Waals surface area contributed by atoms with Crippen LogP contribution in [0.1, 0.15) is 26.7 Å². The quantitative estimate of drug-likeness (QED) is 0.812. The van der Waals surface area contributed by atoms with Crippen molar-refractivity contribution in [3.63, 3.8) is 0 Å². The van der Waals surface area contributed by atoms with Crippen molar-refractivity contribution in [1.82, 2.24) is 9.88 Å². The third-order valence-corrected chi connectivity index (χ3v) is 3.95. The second-order valence-electron chi connectivity index (χ2n) is 5.49. The van der Waals surface area contributed by atoms with Crippen LogP contribution in [0.15, 0.2) is 33.5 Å². The van der Waals surface area contributed by atoms with Crippen LogP contribution in [0.2, 0.25) is 0 Å². The number of nitrogens with one attached hydrogen (secondary N) is 1. The lowest BCUT2D eigenvalue weighted by Gasteiger charge is -2.17. The van der Waals surface area contributed by atoms with Gasteiger partial charge in [-0.05, 0) is 18.1 Å². The Balaban J connectivity index is 1.91. The first-order valence-electron chi connectivity index (χ1n) is 7.56. The number of para-hydroxylation sites is 2. The Morgan fingerprint density at radius 1 is 1.41 bits per heavy atom. The largest absolute Gasteiger partial charge is 0.419 e. The number of hydrogen-bond donors (Lipinski definition) is 2. The summed E-state index contributed by atoms with van der Waals surface area (Å²) in [5.74, 6) is -0.520. The molecular formula is C16H22N2O4. The predicted octanol–water partition coefficient (Wildman–Crippen LogP) is 1.51. The molecule has 6 heteroatoms. The van der Waals surface area contributed by atoms with E-state index in [1.54, 1.807) is 18.2 Å². The maximum Gasteiger partial charge on any atom is 0.419 e. The Kier molecular flexibility index (Phi) is 5.38. The Morgan fingerprint density at radius 2 is 2.14 bits per heavy atom. The molecule has 0 aliphatic rings. The fourth-order valence-corrected chi connectivity index (χ4v) is 2.22. The van der Waals surface area contributed by atoms with Crippen molar-refractivity contribution in [2.24, 2.45) is 5.92 Å². The summed E-state index contributed by atoms with van der Waals surface area (Å²) in [6.45, 7) is 4.41. The molecule has 2 N–H and O–H groups in total. The Morgan fingerprint density at radius 3 is 2.86 bits per heavy atom. The van der Waals surface area contributed by atoms with E-state index in [-0.39, 0.29) is 31.3 Å². The third-order valence-electron chi connectivity index (χ3n) is 3.95. The zero-order valence-electron chi connectivity index (χ0n) is 12.9. The number of aromatic nitrogens is 1. The van der Waals surface area contributed by atoms with E-state index < -0.39 is 11.9 Å². The Hall–Kier alpha value is -2.08. The normalized spacial score (nSPS) is 14.0. The van der Waals surface area contributed by atoms with Gasteiger partial charge < -0.3 is 14.8 Å². The van der Waals surface area contributed by atoms with Gasteiger partial charge >= 0.3 is 5.76 Å². The zero-order chi connectivity index (χ0) is 16.1. The minimum absolute atomic E-state index is 0.140. The van der Waals surface area contributed by atoms with Gasteiger partial charge in [-0.15, -0.1) is 0 Å². The minimum Gasteiger partial charge on any atom is -0.408 e. The Bertz CT molecular complexity index is 689. The molecule has 1 aromatic heterocycles. The number of nitrogens with zero attached hydrogens (tertiary/aromatic N) is 1. The monoisotopic (exact) mass is 306 g/mol. The summed E-state index contributed by atoms with van der Waals surface area (Å²) < 4.78 is 6.56. The maximum atomic E-state index is 11.8. The highest BCUT2D eigenvalue weighted by Crippen LogP contribution is 2.12. The number of oxazole rings is 1. The molecule has 0 spiro atoms. The van der Waals surface area contributed by atoms with E-state index in [2.05, 4.69) is 5.32 Å². The van der Waals surface area contributed by atoms with Crippen LogP contribution in [0, 0.1) is 5.92 Å². The van der Waals surface area contributed by atoms with Crippen molar-refractivity contribution in [3.05, 3.63) is 34.8 Å². The number of rotatable bonds is 7. The third kappa shape index (κ3) is 3.76. The number of carbonyl (C=O) groups is 1. The molecule has 0 bridgehead atoms. The van der Waals surface area contributed by atoms with E-state index in [1.165, 1.54) is 4.57 Å². The molecule has 6 nitrogen and oxygen atoms in total. The molecule has 2 aromatic rings. The molecule has 1 heterocycles. The first-order chi connectivity index (χ1) is 10.5. The molecule has 120 valence electrons. The summed E-state index contributed by atoms with van der Waals surface area (Å²) in [4.78, 5) is 23.6. The minimum atomic E-state index is -0.550. The highest BCUT2D eigenvalue weighted by atomic mass is 16.4. The molecule has 0 radical (unpaired) electrons.